The Morgan fingerprint density at radius 3 is 3.44 bits per heavy atom. The van der Waals surface area contributed by atoms with Gasteiger partial charge in [0.2, 0.25) is 0 Å². The highest BCUT2D eigenvalue weighted by atomic mass is 15.2. The molecule has 9 heavy (non-hydrogen) atoms. The standard InChI is InChI=1S/C6H5N3/c1-2-7-6-8-3-5-9(6)4-1/h1-5H/q+1. The van der Waals surface area contributed by atoms with Gasteiger partial charge in [-0.3, -0.25) is 0 Å². The van der Waals surface area contributed by atoms with Crippen molar-refractivity contribution in [2.24, 2.45) is 0 Å². The molecule has 0 bridgehead atoms. The van der Waals surface area contributed by atoms with E-state index >= 15 is 0 Å². The SMILES string of the molecule is C1=Cn2ccnc2[N+]=C1. The molecule has 2 heterocycles. The number of rotatable bonds is 0. The van der Waals surface area contributed by atoms with Crippen LogP contribution in [-0.4, -0.2) is 15.8 Å². The van der Waals surface area contributed by atoms with Gasteiger partial charge in [0, 0.05) is 6.08 Å². The fraction of sp³-hybridized carbons (Fsp3) is 0. The smallest absolute Gasteiger partial charge is 0.203 e. The van der Waals surface area contributed by atoms with E-state index in [0.29, 0.717) is 0 Å². The molecule has 0 N–H and O–H groups in total. The first kappa shape index (κ1) is 4.49. The minimum absolute atomic E-state index is 0.748. The van der Waals surface area contributed by atoms with Gasteiger partial charge in [-0.1, -0.05) is 9.98 Å². The average molecular weight is 119 g/mol. The van der Waals surface area contributed by atoms with Crippen molar-refractivity contribution < 1.29 is 0 Å². The third kappa shape index (κ3) is 0.579. The van der Waals surface area contributed by atoms with E-state index < -0.39 is 0 Å². The minimum Gasteiger partial charge on any atom is -0.203 e. The summed E-state index contributed by atoms with van der Waals surface area (Å²) >= 11 is 0. The van der Waals surface area contributed by atoms with Crippen LogP contribution in [0.2, 0.25) is 0 Å². The van der Waals surface area contributed by atoms with Crippen molar-refractivity contribution >= 4 is 18.4 Å². The normalized spacial score (nSPS) is 13.8. The lowest BCUT2D eigenvalue weighted by Gasteiger charge is -1.86. The van der Waals surface area contributed by atoms with Crippen molar-refractivity contribution in [3.05, 3.63) is 18.5 Å². The van der Waals surface area contributed by atoms with Gasteiger partial charge in [0.25, 0.3) is 0 Å². The van der Waals surface area contributed by atoms with E-state index in [4.69, 9.17) is 0 Å². The second kappa shape index (κ2) is 1.55. The van der Waals surface area contributed by atoms with Gasteiger partial charge in [-0.15, -0.1) is 0 Å². The summed E-state index contributed by atoms with van der Waals surface area (Å²) in [5.74, 6) is 0.748. The number of fused-ring (bicyclic) bond motifs is 1. The summed E-state index contributed by atoms with van der Waals surface area (Å²) in [6, 6.07) is 0. The highest BCUT2D eigenvalue weighted by Crippen LogP contribution is 2.03. The van der Waals surface area contributed by atoms with Crippen LogP contribution in [0.15, 0.2) is 18.5 Å². The lowest BCUT2D eigenvalue weighted by atomic mass is 10.6. The summed E-state index contributed by atoms with van der Waals surface area (Å²) in [5, 5.41) is 0. The second-order valence-electron chi connectivity index (χ2n) is 1.75. The largest absolute Gasteiger partial charge is 0.437 e. The summed E-state index contributed by atoms with van der Waals surface area (Å²) in [6.07, 6.45) is 9.09. The van der Waals surface area contributed by atoms with Crippen LogP contribution in [0.25, 0.3) is 6.20 Å². The summed E-state index contributed by atoms with van der Waals surface area (Å²) in [4.78, 5) is 7.96. The van der Waals surface area contributed by atoms with Gasteiger partial charge >= 0.3 is 5.95 Å². The maximum Gasteiger partial charge on any atom is 0.437 e. The Labute approximate surface area is 52.4 Å². The van der Waals surface area contributed by atoms with Gasteiger partial charge in [0.1, 0.15) is 18.6 Å². The molecule has 43 valence electrons. The summed E-state index contributed by atoms with van der Waals surface area (Å²) in [5.41, 5.74) is 0. The Morgan fingerprint density at radius 2 is 2.56 bits per heavy atom. The van der Waals surface area contributed by atoms with E-state index in [-0.39, 0.29) is 0 Å². The van der Waals surface area contributed by atoms with Gasteiger partial charge in [-0.05, 0) is 0 Å². The van der Waals surface area contributed by atoms with Crippen molar-refractivity contribution in [3.63, 3.8) is 0 Å². The molecule has 1 aliphatic rings. The predicted molar refractivity (Wildman–Crippen MR) is 35.4 cm³/mol. The lowest BCUT2D eigenvalue weighted by molar-refractivity contribution is 1.06. The van der Waals surface area contributed by atoms with E-state index in [1.165, 1.54) is 0 Å². The molecule has 0 saturated heterocycles. The number of imidazole rings is 1. The Balaban J connectivity index is 2.68. The average Bonchev–Trinajstić information content (AvgIpc) is 2.33. The molecule has 0 fully saturated rings. The first-order chi connectivity index (χ1) is 4.47. The Bertz CT molecular complexity index is 243. The van der Waals surface area contributed by atoms with Crippen molar-refractivity contribution in [3.8, 4) is 0 Å². The quantitative estimate of drug-likeness (QED) is 0.486. The highest BCUT2D eigenvalue weighted by Gasteiger charge is 2.09. The van der Waals surface area contributed by atoms with Crippen LogP contribution >= 0.6 is 0 Å². The third-order valence-corrected chi connectivity index (χ3v) is 1.17. The number of aliphatic imine (C=N–C) groups is 1. The molecule has 3 heteroatoms. The van der Waals surface area contributed by atoms with E-state index in [2.05, 4.69) is 9.98 Å². The molecule has 0 aromatic carbocycles. The van der Waals surface area contributed by atoms with Crippen LogP contribution in [0.5, 0.6) is 0 Å². The third-order valence-electron chi connectivity index (χ3n) is 1.17. The summed E-state index contributed by atoms with van der Waals surface area (Å²) in [7, 11) is 0. The zero-order valence-corrected chi connectivity index (χ0v) is 4.73. The van der Waals surface area contributed by atoms with Crippen molar-refractivity contribution in [1.29, 1.82) is 0 Å². The van der Waals surface area contributed by atoms with Crippen molar-refractivity contribution in [1.82, 2.24) is 14.5 Å². The van der Waals surface area contributed by atoms with E-state index in [1.54, 1.807) is 12.4 Å². The molecule has 0 saturated carbocycles. The fourth-order valence-electron chi connectivity index (χ4n) is 0.762. The molecular weight excluding hydrogens is 114 g/mol. The molecule has 1 aliphatic heterocycles. The van der Waals surface area contributed by atoms with Gasteiger partial charge in [0.05, 0.1) is 6.20 Å². The fourth-order valence-corrected chi connectivity index (χ4v) is 0.762. The van der Waals surface area contributed by atoms with Crippen LogP contribution in [0.4, 0.5) is 5.95 Å². The summed E-state index contributed by atoms with van der Waals surface area (Å²) < 4.78 is 1.86. The summed E-state index contributed by atoms with van der Waals surface area (Å²) in [6.45, 7) is 0. The van der Waals surface area contributed by atoms with Crippen LogP contribution in [0, 0.1) is 0 Å². The molecule has 2 rings (SSSR count). The van der Waals surface area contributed by atoms with Gasteiger partial charge < -0.3 is 0 Å². The van der Waals surface area contributed by atoms with E-state index in [9.17, 15) is 0 Å². The van der Waals surface area contributed by atoms with Crippen LogP contribution < -0.4 is 4.99 Å². The van der Waals surface area contributed by atoms with E-state index in [0.717, 1.165) is 5.95 Å². The van der Waals surface area contributed by atoms with Crippen molar-refractivity contribution in [2.45, 2.75) is 0 Å². The Morgan fingerprint density at radius 1 is 1.56 bits per heavy atom. The van der Waals surface area contributed by atoms with Crippen LogP contribution in [-0.2, 0) is 0 Å². The Hall–Kier alpha value is -1.38. The van der Waals surface area contributed by atoms with Gasteiger partial charge in [-0.2, -0.15) is 0 Å². The lowest BCUT2D eigenvalue weighted by Crippen LogP contribution is -1.96. The molecule has 1 aromatic rings. The molecule has 1 radical (unpaired) electrons. The molecule has 0 aliphatic carbocycles. The van der Waals surface area contributed by atoms with E-state index in [1.807, 2.05) is 23.0 Å². The number of allylic oxidation sites excluding steroid dienone is 1. The second-order valence-corrected chi connectivity index (χ2v) is 1.75. The number of hydrogen-bond acceptors (Lipinski definition) is 2. The number of nitrogens with zero attached hydrogens (tertiary/aromatic N) is 3. The maximum absolute atomic E-state index is 3.99. The topological polar surface area (TPSA) is 31.9 Å². The molecule has 1 aromatic heterocycles. The molecule has 0 unspecified atom stereocenters. The zero-order chi connectivity index (χ0) is 6.10. The first-order valence-electron chi connectivity index (χ1n) is 2.70. The molecule has 0 spiro atoms. The highest BCUT2D eigenvalue weighted by molar-refractivity contribution is 5.78. The zero-order valence-electron chi connectivity index (χ0n) is 4.73. The molecule has 0 atom stereocenters. The van der Waals surface area contributed by atoms with Crippen molar-refractivity contribution in [2.75, 3.05) is 0 Å². The Kier molecular flexibility index (Phi) is 0.773. The maximum atomic E-state index is 3.99. The molecule has 0 amide bonds. The monoisotopic (exact) mass is 119 g/mol. The minimum atomic E-state index is 0.748. The number of aromatic nitrogens is 2. The number of hydrogen-bond donors (Lipinski definition) is 0. The first-order valence-corrected chi connectivity index (χ1v) is 2.70. The molecular formula is C6H5N3+. The predicted octanol–water partition coefficient (Wildman–Crippen LogP) is 0.405. The van der Waals surface area contributed by atoms with Gasteiger partial charge in [0.15, 0.2) is 0 Å². The van der Waals surface area contributed by atoms with Crippen LogP contribution in [0.3, 0.4) is 0 Å². The van der Waals surface area contributed by atoms with Crippen LogP contribution in [0.1, 0.15) is 0 Å². The molecule has 3 nitrogen and oxygen atoms in total. The van der Waals surface area contributed by atoms with Gasteiger partial charge in [-0.25, -0.2) is 4.57 Å².